The monoisotopic (exact) mass is 297 g/mol. The van der Waals surface area contributed by atoms with Crippen LogP contribution in [0.2, 0.25) is 0 Å². The van der Waals surface area contributed by atoms with E-state index in [2.05, 4.69) is 10.3 Å². The number of oxazole rings is 1. The molecule has 0 spiro atoms. The van der Waals surface area contributed by atoms with E-state index in [4.69, 9.17) is 10.2 Å². The molecule has 2 heterocycles. The number of sulfone groups is 1. The van der Waals surface area contributed by atoms with E-state index in [0.29, 0.717) is 35.4 Å². The SMILES string of the molecule is Nc1cc2oc(=O)[nH]c2cc1NCC1CCS(=O)(=O)C1. The summed E-state index contributed by atoms with van der Waals surface area (Å²) < 4.78 is 27.7. The van der Waals surface area contributed by atoms with Crippen molar-refractivity contribution in [2.45, 2.75) is 6.42 Å². The van der Waals surface area contributed by atoms with Crippen molar-refractivity contribution in [1.29, 1.82) is 0 Å². The summed E-state index contributed by atoms with van der Waals surface area (Å²) in [5.41, 5.74) is 7.97. The van der Waals surface area contributed by atoms with E-state index in [-0.39, 0.29) is 17.4 Å². The molecule has 8 heteroatoms. The lowest BCUT2D eigenvalue weighted by atomic mass is 10.1. The quantitative estimate of drug-likeness (QED) is 0.712. The van der Waals surface area contributed by atoms with Crippen LogP contribution in [-0.2, 0) is 9.84 Å². The lowest BCUT2D eigenvalue weighted by Gasteiger charge is -2.12. The lowest BCUT2D eigenvalue weighted by Crippen LogP contribution is -2.16. The molecule has 1 unspecified atom stereocenters. The Bertz CT molecular complexity index is 806. The first kappa shape index (κ1) is 13.0. The van der Waals surface area contributed by atoms with Gasteiger partial charge in [0.2, 0.25) is 0 Å². The summed E-state index contributed by atoms with van der Waals surface area (Å²) in [4.78, 5) is 13.7. The second-order valence-electron chi connectivity index (χ2n) is 5.10. The minimum absolute atomic E-state index is 0.0958. The van der Waals surface area contributed by atoms with Crippen molar-refractivity contribution in [2.24, 2.45) is 5.92 Å². The Hall–Kier alpha value is -1.96. The van der Waals surface area contributed by atoms with Crippen LogP contribution in [0, 0.1) is 5.92 Å². The maximum atomic E-state index is 11.4. The average Bonchev–Trinajstić information content (AvgIpc) is 2.87. The molecule has 0 aliphatic carbocycles. The Morgan fingerprint density at radius 2 is 2.25 bits per heavy atom. The third-order valence-corrected chi connectivity index (χ3v) is 5.34. The Morgan fingerprint density at radius 1 is 1.45 bits per heavy atom. The number of H-pyrrole nitrogens is 1. The Kier molecular flexibility index (Phi) is 2.97. The molecule has 0 amide bonds. The molecule has 1 fully saturated rings. The fraction of sp³-hybridized carbons (Fsp3) is 0.417. The van der Waals surface area contributed by atoms with Crippen LogP contribution in [0.25, 0.3) is 11.1 Å². The van der Waals surface area contributed by atoms with Crippen molar-refractivity contribution in [3.63, 3.8) is 0 Å². The van der Waals surface area contributed by atoms with Gasteiger partial charge in [0.15, 0.2) is 15.4 Å². The van der Waals surface area contributed by atoms with E-state index in [1.54, 1.807) is 12.1 Å². The normalized spacial score (nSPS) is 21.3. The number of hydrogen-bond donors (Lipinski definition) is 3. The van der Waals surface area contributed by atoms with Crippen molar-refractivity contribution in [3.05, 3.63) is 22.7 Å². The largest absolute Gasteiger partial charge is 0.417 e. The molecule has 1 aromatic heterocycles. The highest BCUT2D eigenvalue weighted by Crippen LogP contribution is 2.26. The number of benzene rings is 1. The molecule has 20 heavy (non-hydrogen) atoms. The molecule has 7 nitrogen and oxygen atoms in total. The summed E-state index contributed by atoms with van der Waals surface area (Å²) in [6, 6.07) is 3.26. The summed E-state index contributed by atoms with van der Waals surface area (Å²) in [5, 5.41) is 3.14. The zero-order valence-electron chi connectivity index (χ0n) is 10.7. The third kappa shape index (κ3) is 2.51. The number of nitrogen functional groups attached to an aromatic ring is 1. The van der Waals surface area contributed by atoms with Crippen molar-refractivity contribution < 1.29 is 12.8 Å². The Morgan fingerprint density at radius 3 is 2.95 bits per heavy atom. The van der Waals surface area contributed by atoms with E-state index >= 15 is 0 Å². The standard InChI is InChI=1S/C12H15N3O4S/c13-8-3-11-10(15-12(16)19-11)4-9(8)14-5-7-1-2-20(17,18)6-7/h3-4,7,14H,1-2,5-6,13H2,(H,15,16). The van der Waals surface area contributed by atoms with Crippen LogP contribution < -0.4 is 16.8 Å². The molecule has 1 aliphatic rings. The van der Waals surface area contributed by atoms with Gasteiger partial charge in [0.25, 0.3) is 0 Å². The molecule has 0 radical (unpaired) electrons. The maximum absolute atomic E-state index is 11.4. The summed E-state index contributed by atoms with van der Waals surface area (Å²) >= 11 is 0. The van der Waals surface area contributed by atoms with Gasteiger partial charge in [0, 0.05) is 12.6 Å². The molecule has 108 valence electrons. The molecule has 3 rings (SSSR count). The van der Waals surface area contributed by atoms with Crippen LogP contribution in [0.3, 0.4) is 0 Å². The molecule has 4 N–H and O–H groups in total. The first-order valence-corrected chi connectivity index (χ1v) is 8.12. The highest BCUT2D eigenvalue weighted by atomic mass is 32.2. The predicted octanol–water partition coefficient (Wildman–Crippen LogP) is 0.550. The minimum Gasteiger partial charge on any atom is -0.408 e. The van der Waals surface area contributed by atoms with Gasteiger partial charge in [-0.2, -0.15) is 0 Å². The van der Waals surface area contributed by atoms with Gasteiger partial charge in [0.1, 0.15) is 0 Å². The van der Waals surface area contributed by atoms with Crippen molar-refractivity contribution >= 4 is 32.3 Å². The van der Waals surface area contributed by atoms with Gasteiger partial charge in [-0.1, -0.05) is 0 Å². The first-order chi connectivity index (χ1) is 9.43. The number of nitrogens with one attached hydrogen (secondary N) is 2. The fourth-order valence-electron chi connectivity index (χ4n) is 2.45. The van der Waals surface area contributed by atoms with Gasteiger partial charge >= 0.3 is 5.76 Å². The molecular weight excluding hydrogens is 282 g/mol. The molecule has 1 atom stereocenters. The summed E-state index contributed by atoms with van der Waals surface area (Å²) in [5.74, 6) is 0.0325. The summed E-state index contributed by atoms with van der Waals surface area (Å²) in [7, 11) is -2.88. The number of anilines is 2. The number of hydrogen-bond acceptors (Lipinski definition) is 6. The fourth-order valence-corrected chi connectivity index (χ4v) is 4.32. The van der Waals surface area contributed by atoms with E-state index in [0.717, 1.165) is 0 Å². The minimum atomic E-state index is -2.88. The Balaban J connectivity index is 1.77. The molecular formula is C12H15N3O4S. The first-order valence-electron chi connectivity index (χ1n) is 6.29. The molecule has 1 aliphatic heterocycles. The summed E-state index contributed by atoms with van der Waals surface area (Å²) in [6.45, 7) is 0.539. The predicted molar refractivity (Wildman–Crippen MR) is 76.5 cm³/mol. The second-order valence-corrected chi connectivity index (χ2v) is 7.33. The van der Waals surface area contributed by atoms with Gasteiger partial charge in [0.05, 0.1) is 28.4 Å². The topological polar surface area (TPSA) is 118 Å². The van der Waals surface area contributed by atoms with Crippen molar-refractivity contribution in [1.82, 2.24) is 4.98 Å². The van der Waals surface area contributed by atoms with E-state index in [9.17, 15) is 13.2 Å². The van der Waals surface area contributed by atoms with E-state index < -0.39 is 15.6 Å². The van der Waals surface area contributed by atoms with Crippen molar-refractivity contribution in [2.75, 3.05) is 29.1 Å². The van der Waals surface area contributed by atoms with Gasteiger partial charge in [-0.25, -0.2) is 13.2 Å². The molecule has 1 aromatic carbocycles. The summed E-state index contributed by atoms with van der Waals surface area (Å²) in [6.07, 6.45) is 0.667. The number of nitrogens with two attached hydrogens (primary N) is 1. The molecule has 0 saturated carbocycles. The molecule has 0 bridgehead atoms. The van der Waals surface area contributed by atoms with Crippen LogP contribution in [-0.4, -0.2) is 31.5 Å². The van der Waals surface area contributed by atoms with Crippen LogP contribution in [0.1, 0.15) is 6.42 Å². The highest BCUT2D eigenvalue weighted by molar-refractivity contribution is 7.91. The number of rotatable bonds is 3. The van der Waals surface area contributed by atoms with Gasteiger partial charge < -0.3 is 15.5 Å². The van der Waals surface area contributed by atoms with Gasteiger partial charge in [-0.3, -0.25) is 4.98 Å². The number of aromatic amines is 1. The van der Waals surface area contributed by atoms with Crippen LogP contribution in [0.5, 0.6) is 0 Å². The Labute approximate surface area is 115 Å². The van der Waals surface area contributed by atoms with Gasteiger partial charge in [-0.15, -0.1) is 0 Å². The van der Waals surface area contributed by atoms with Crippen LogP contribution in [0.15, 0.2) is 21.3 Å². The number of aromatic nitrogens is 1. The van der Waals surface area contributed by atoms with Crippen molar-refractivity contribution in [3.8, 4) is 0 Å². The second kappa shape index (κ2) is 4.55. The number of fused-ring (bicyclic) bond motifs is 1. The van der Waals surface area contributed by atoms with Crippen LogP contribution >= 0.6 is 0 Å². The van der Waals surface area contributed by atoms with E-state index in [1.807, 2.05) is 0 Å². The van der Waals surface area contributed by atoms with Gasteiger partial charge in [-0.05, 0) is 18.4 Å². The molecule has 2 aromatic rings. The third-order valence-electron chi connectivity index (χ3n) is 3.50. The zero-order chi connectivity index (χ0) is 14.3. The van der Waals surface area contributed by atoms with E-state index in [1.165, 1.54) is 0 Å². The maximum Gasteiger partial charge on any atom is 0.417 e. The highest BCUT2D eigenvalue weighted by Gasteiger charge is 2.27. The zero-order valence-corrected chi connectivity index (χ0v) is 11.5. The molecule has 1 saturated heterocycles. The average molecular weight is 297 g/mol. The lowest BCUT2D eigenvalue weighted by molar-refractivity contribution is 0.555. The smallest absolute Gasteiger partial charge is 0.408 e. The van der Waals surface area contributed by atoms with Crippen LogP contribution in [0.4, 0.5) is 11.4 Å².